The molecule has 118 valence electrons. The molecule has 0 aliphatic rings. The van der Waals surface area contributed by atoms with Crippen LogP contribution in [0.5, 0.6) is 5.88 Å². The van der Waals surface area contributed by atoms with Crippen LogP contribution in [0.2, 0.25) is 5.02 Å². The lowest BCUT2D eigenvalue weighted by Crippen LogP contribution is -2.17. The fourth-order valence-electron chi connectivity index (χ4n) is 1.45. The molecule has 0 unspecified atom stereocenters. The summed E-state index contributed by atoms with van der Waals surface area (Å²) < 4.78 is 57.9. The number of nitrogens with zero attached hydrogens (tertiary/aromatic N) is 2. The molecule has 0 aliphatic heterocycles. The second-order valence-electron chi connectivity index (χ2n) is 3.85. The van der Waals surface area contributed by atoms with E-state index >= 15 is 0 Å². The summed E-state index contributed by atoms with van der Waals surface area (Å²) >= 11 is 7.11. The number of rotatable bonds is 4. The van der Waals surface area contributed by atoms with Crippen LogP contribution in [0.3, 0.4) is 0 Å². The van der Waals surface area contributed by atoms with Gasteiger partial charge in [-0.3, -0.25) is 4.72 Å². The quantitative estimate of drug-likeness (QED) is 0.708. The van der Waals surface area contributed by atoms with Crippen molar-refractivity contribution < 1.29 is 21.9 Å². The van der Waals surface area contributed by atoms with Gasteiger partial charge in [0.25, 0.3) is 10.0 Å². The van der Waals surface area contributed by atoms with Crippen LogP contribution in [0.25, 0.3) is 0 Å². The van der Waals surface area contributed by atoms with Crippen molar-refractivity contribution in [2.75, 3.05) is 11.8 Å². The molecule has 2 aromatic rings. The predicted molar refractivity (Wildman–Crippen MR) is 83.5 cm³/mol. The maximum absolute atomic E-state index is 13.9. The molecular formula is C11H7ClF2IN3O3S. The second-order valence-corrected chi connectivity index (χ2v) is 7.02. The first kappa shape index (κ1) is 17.1. The van der Waals surface area contributed by atoms with E-state index in [1.54, 1.807) is 0 Å². The SMILES string of the molecule is COc1ncc(Cl)cc1S(=O)(=O)Nc1ncc(F)c(I)c1F. The summed E-state index contributed by atoms with van der Waals surface area (Å²) in [6.07, 6.45) is 1.90. The Morgan fingerprint density at radius 2 is 2.00 bits per heavy atom. The first-order valence-corrected chi connectivity index (χ1v) is 8.42. The Morgan fingerprint density at radius 3 is 2.64 bits per heavy atom. The first-order valence-electron chi connectivity index (χ1n) is 5.48. The Morgan fingerprint density at radius 1 is 1.32 bits per heavy atom. The summed E-state index contributed by atoms with van der Waals surface area (Å²) in [6, 6.07) is 1.09. The van der Waals surface area contributed by atoms with E-state index in [0.29, 0.717) is 6.20 Å². The molecule has 0 fully saturated rings. The lowest BCUT2D eigenvalue weighted by Gasteiger charge is -2.11. The lowest BCUT2D eigenvalue weighted by atomic mass is 10.4. The van der Waals surface area contributed by atoms with Crippen molar-refractivity contribution in [3.63, 3.8) is 0 Å². The van der Waals surface area contributed by atoms with E-state index in [0.717, 1.165) is 6.07 Å². The number of aromatic nitrogens is 2. The zero-order chi connectivity index (χ0) is 16.5. The predicted octanol–water partition coefficient (Wildman–Crippen LogP) is 2.82. The van der Waals surface area contributed by atoms with Crippen LogP contribution in [0, 0.1) is 15.2 Å². The van der Waals surface area contributed by atoms with Crippen LogP contribution in [-0.4, -0.2) is 25.5 Å². The van der Waals surface area contributed by atoms with Gasteiger partial charge in [-0.15, -0.1) is 0 Å². The summed E-state index contributed by atoms with van der Waals surface area (Å²) in [5, 5.41) is 0.0447. The Balaban J connectivity index is 2.49. The maximum atomic E-state index is 13.9. The van der Waals surface area contributed by atoms with Crippen molar-refractivity contribution in [1.82, 2.24) is 9.97 Å². The number of hydrogen-bond acceptors (Lipinski definition) is 5. The van der Waals surface area contributed by atoms with Gasteiger partial charge in [0.2, 0.25) is 5.88 Å². The molecule has 2 rings (SSSR count). The molecule has 0 radical (unpaired) electrons. The number of ether oxygens (including phenoxy) is 1. The van der Waals surface area contributed by atoms with Crippen molar-refractivity contribution in [2.45, 2.75) is 4.90 Å². The number of nitrogens with one attached hydrogen (secondary N) is 1. The van der Waals surface area contributed by atoms with E-state index < -0.39 is 32.4 Å². The fraction of sp³-hybridized carbons (Fsp3) is 0.0909. The summed E-state index contributed by atoms with van der Waals surface area (Å²) in [5.74, 6) is -2.90. The zero-order valence-electron chi connectivity index (χ0n) is 10.8. The molecule has 0 bridgehead atoms. The van der Waals surface area contributed by atoms with E-state index in [4.69, 9.17) is 16.3 Å². The molecule has 0 aromatic carbocycles. The third-order valence-electron chi connectivity index (χ3n) is 2.42. The molecule has 11 heteroatoms. The average molecular weight is 462 g/mol. The van der Waals surface area contributed by atoms with Crippen molar-refractivity contribution in [1.29, 1.82) is 0 Å². The first-order chi connectivity index (χ1) is 10.3. The van der Waals surface area contributed by atoms with E-state index in [1.807, 2.05) is 4.72 Å². The summed E-state index contributed by atoms with van der Waals surface area (Å²) in [7, 11) is -3.06. The summed E-state index contributed by atoms with van der Waals surface area (Å²) in [6.45, 7) is 0. The van der Waals surface area contributed by atoms with Gasteiger partial charge >= 0.3 is 0 Å². The maximum Gasteiger partial charge on any atom is 0.268 e. The Hall–Kier alpha value is -1.27. The smallest absolute Gasteiger partial charge is 0.268 e. The minimum Gasteiger partial charge on any atom is -0.480 e. The van der Waals surface area contributed by atoms with E-state index in [1.165, 1.54) is 35.9 Å². The van der Waals surface area contributed by atoms with Gasteiger partial charge in [0.1, 0.15) is 0 Å². The third kappa shape index (κ3) is 3.38. The highest BCUT2D eigenvalue weighted by Gasteiger charge is 2.24. The highest BCUT2D eigenvalue weighted by Crippen LogP contribution is 2.27. The Bertz CT molecular complexity index is 836. The van der Waals surface area contributed by atoms with Gasteiger partial charge in [-0.05, 0) is 28.7 Å². The number of methoxy groups -OCH3 is 1. The second kappa shape index (κ2) is 6.46. The van der Waals surface area contributed by atoms with Crippen LogP contribution < -0.4 is 9.46 Å². The molecule has 22 heavy (non-hydrogen) atoms. The molecule has 1 N–H and O–H groups in total. The van der Waals surface area contributed by atoms with Gasteiger partial charge in [-0.2, -0.15) is 0 Å². The molecule has 0 saturated carbocycles. The van der Waals surface area contributed by atoms with Crippen LogP contribution >= 0.6 is 34.2 Å². The highest BCUT2D eigenvalue weighted by molar-refractivity contribution is 14.1. The summed E-state index contributed by atoms with van der Waals surface area (Å²) in [5.41, 5.74) is 0. The van der Waals surface area contributed by atoms with Crippen molar-refractivity contribution in [2.24, 2.45) is 0 Å². The van der Waals surface area contributed by atoms with Crippen LogP contribution in [0.1, 0.15) is 0 Å². The lowest BCUT2D eigenvalue weighted by molar-refractivity contribution is 0.385. The van der Waals surface area contributed by atoms with Gasteiger partial charge in [-0.1, -0.05) is 11.6 Å². The molecule has 0 spiro atoms. The molecule has 0 saturated heterocycles. The number of hydrogen-bond donors (Lipinski definition) is 1. The van der Waals surface area contributed by atoms with Crippen LogP contribution in [0.4, 0.5) is 14.6 Å². The van der Waals surface area contributed by atoms with Gasteiger partial charge in [0.15, 0.2) is 22.3 Å². The molecular weight excluding hydrogens is 455 g/mol. The van der Waals surface area contributed by atoms with Crippen molar-refractivity contribution in [3.05, 3.63) is 38.7 Å². The number of pyridine rings is 2. The molecule has 6 nitrogen and oxygen atoms in total. The standard InChI is InChI=1S/C11H7ClF2IN3O3S/c1-21-11-7(2-5(12)3-17-11)22(19,20)18-10-8(14)9(15)6(13)4-16-10/h2-4H,1H3,(H,16,18). The van der Waals surface area contributed by atoms with E-state index in [2.05, 4.69) is 9.97 Å². The summed E-state index contributed by atoms with van der Waals surface area (Å²) in [4.78, 5) is 6.70. The Labute approximate surface area is 143 Å². The average Bonchev–Trinajstić information content (AvgIpc) is 2.48. The minimum absolute atomic E-state index is 0.0447. The molecule has 0 amide bonds. The third-order valence-corrected chi connectivity index (χ3v) is 4.95. The molecule has 2 heterocycles. The monoisotopic (exact) mass is 461 g/mol. The Kier molecular flexibility index (Phi) is 5.02. The van der Waals surface area contributed by atoms with Gasteiger partial charge in [0, 0.05) is 6.20 Å². The topological polar surface area (TPSA) is 81.2 Å². The number of anilines is 1. The number of halogens is 4. The van der Waals surface area contributed by atoms with E-state index in [9.17, 15) is 17.2 Å². The van der Waals surface area contributed by atoms with Gasteiger partial charge < -0.3 is 4.74 Å². The van der Waals surface area contributed by atoms with Crippen molar-refractivity contribution in [3.8, 4) is 5.88 Å². The van der Waals surface area contributed by atoms with E-state index in [-0.39, 0.29) is 14.5 Å². The molecule has 2 aromatic heterocycles. The van der Waals surface area contributed by atoms with Crippen LogP contribution in [-0.2, 0) is 10.0 Å². The molecule has 0 atom stereocenters. The number of sulfonamides is 1. The van der Waals surface area contributed by atoms with Crippen molar-refractivity contribution >= 4 is 50.0 Å². The molecule has 0 aliphatic carbocycles. The largest absolute Gasteiger partial charge is 0.480 e. The minimum atomic E-state index is -4.28. The fourth-order valence-corrected chi connectivity index (χ4v) is 3.22. The van der Waals surface area contributed by atoms with Crippen LogP contribution in [0.15, 0.2) is 23.4 Å². The normalized spacial score (nSPS) is 11.3. The highest BCUT2D eigenvalue weighted by atomic mass is 127. The van der Waals surface area contributed by atoms with Gasteiger partial charge in [0.05, 0.1) is 21.9 Å². The zero-order valence-corrected chi connectivity index (χ0v) is 14.5. The van der Waals surface area contributed by atoms with Gasteiger partial charge in [-0.25, -0.2) is 27.2 Å².